The predicted octanol–water partition coefficient (Wildman–Crippen LogP) is 3.64. The number of methoxy groups -OCH3 is 1. The average Bonchev–Trinajstić information content (AvgIpc) is 3.12. The number of benzene rings is 1. The quantitative estimate of drug-likeness (QED) is 0.379. The molecular weight excluding hydrogens is 422 g/mol. The van der Waals surface area contributed by atoms with Crippen LogP contribution in [-0.2, 0) is 36.7 Å². The van der Waals surface area contributed by atoms with E-state index in [9.17, 15) is 9.59 Å². The monoisotopic (exact) mass is 459 g/mol. The fourth-order valence-corrected chi connectivity index (χ4v) is 4.56. The first-order chi connectivity index (χ1) is 16.0. The highest BCUT2D eigenvalue weighted by Gasteiger charge is 2.60. The van der Waals surface area contributed by atoms with Crippen molar-refractivity contribution < 1.29 is 28.6 Å². The van der Waals surface area contributed by atoms with Crippen LogP contribution in [0.2, 0.25) is 0 Å². The zero-order valence-corrected chi connectivity index (χ0v) is 19.7. The second-order valence-electron chi connectivity index (χ2n) is 8.12. The summed E-state index contributed by atoms with van der Waals surface area (Å²) in [4.78, 5) is 30.1. The highest BCUT2D eigenvalue weighted by Crippen LogP contribution is 2.60. The first kappa shape index (κ1) is 28.1. The first-order valence-corrected chi connectivity index (χ1v) is 11.2. The number of nitrogens with two attached hydrogens (primary N) is 1. The van der Waals surface area contributed by atoms with Gasteiger partial charge in [0.25, 0.3) is 6.47 Å². The van der Waals surface area contributed by atoms with Gasteiger partial charge in [-0.3, -0.25) is 14.4 Å². The van der Waals surface area contributed by atoms with E-state index >= 15 is 0 Å². The zero-order valence-electron chi connectivity index (χ0n) is 19.7. The molecule has 182 valence electrons. The van der Waals surface area contributed by atoms with Gasteiger partial charge in [0.15, 0.2) is 0 Å². The maximum Gasteiger partial charge on any atom is 0.309 e. The van der Waals surface area contributed by atoms with Gasteiger partial charge in [0.05, 0.1) is 12.5 Å². The Morgan fingerprint density at radius 1 is 1.12 bits per heavy atom. The Kier molecular flexibility index (Phi) is 13.5. The number of ether oxygens (including phenoxy) is 3. The molecule has 33 heavy (non-hydrogen) atoms. The van der Waals surface area contributed by atoms with Crippen LogP contribution in [0.4, 0.5) is 0 Å². The molecule has 0 bridgehead atoms. The van der Waals surface area contributed by atoms with Gasteiger partial charge in [-0.1, -0.05) is 38.1 Å². The summed E-state index contributed by atoms with van der Waals surface area (Å²) in [5, 5.41) is 0. The summed E-state index contributed by atoms with van der Waals surface area (Å²) in [6.07, 6.45) is 9.60. The molecule has 2 fully saturated rings. The molecule has 3 aliphatic carbocycles. The van der Waals surface area contributed by atoms with E-state index in [2.05, 4.69) is 30.6 Å². The van der Waals surface area contributed by atoms with Crippen molar-refractivity contribution in [2.45, 2.75) is 39.0 Å². The zero-order chi connectivity index (χ0) is 24.6. The number of carbonyl (C=O) groups excluding carboxylic acids is 3. The largest absolute Gasteiger partial charge is 0.461 e. The third kappa shape index (κ3) is 9.22. The number of hydrogen-bond donors (Lipinski definition) is 1. The molecule has 4 atom stereocenters. The molecule has 4 rings (SSSR count). The van der Waals surface area contributed by atoms with E-state index in [1.807, 2.05) is 18.2 Å². The van der Waals surface area contributed by atoms with Crippen molar-refractivity contribution in [1.29, 1.82) is 0 Å². The van der Waals surface area contributed by atoms with Crippen LogP contribution in [0.5, 0.6) is 5.75 Å². The van der Waals surface area contributed by atoms with Crippen LogP contribution < -0.4 is 10.5 Å². The molecule has 0 saturated heterocycles. The predicted molar refractivity (Wildman–Crippen MR) is 128 cm³/mol. The van der Waals surface area contributed by atoms with Gasteiger partial charge in [-0.05, 0) is 66.7 Å². The van der Waals surface area contributed by atoms with Gasteiger partial charge in [0.2, 0.25) is 6.41 Å². The number of aryl methyl sites for hydroxylation is 2. The summed E-state index contributed by atoms with van der Waals surface area (Å²) in [5.41, 5.74) is 6.89. The Morgan fingerprint density at radius 2 is 1.79 bits per heavy atom. The van der Waals surface area contributed by atoms with Gasteiger partial charge in [0.1, 0.15) is 12.4 Å². The highest BCUT2D eigenvalue weighted by molar-refractivity contribution is 5.77. The van der Waals surface area contributed by atoms with Crippen LogP contribution in [0, 0.1) is 23.7 Å². The second kappa shape index (κ2) is 15.8. The highest BCUT2D eigenvalue weighted by atomic mass is 16.5. The third-order valence-electron chi connectivity index (χ3n) is 6.00. The lowest BCUT2D eigenvalue weighted by Gasteiger charge is -2.07. The summed E-state index contributed by atoms with van der Waals surface area (Å²) >= 11 is 0. The van der Waals surface area contributed by atoms with Gasteiger partial charge >= 0.3 is 5.97 Å². The van der Waals surface area contributed by atoms with Crippen molar-refractivity contribution in [2.24, 2.45) is 29.4 Å². The molecule has 0 aromatic heterocycles. The Hall–Kier alpha value is -2.93. The summed E-state index contributed by atoms with van der Waals surface area (Å²) in [6, 6.07) is 5.84. The molecule has 2 N–H and O–H groups in total. The minimum absolute atomic E-state index is 0.00134. The Balaban J connectivity index is 0.000000252. The maximum absolute atomic E-state index is 11.5. The molecule has 7 nitrogen and oxygen atoms in total. The molecule has 7 heteroatoms. The molecule has 0 aliphatic heterocycles. The summed E-state index contributed by atoms with van der Waals surface area (Å²) in [7, 11) is 1.64. The molecule has 0 heterocycles. The fraction of sp³-hybridized carbons (Fsp3) is 0.500. The van der Waals surface area contributed by atoms with E-state index in [1.165, 1.54) is 30.4 Å². The molecule has 3 aliphatic rings. The van der Waals surface area contributed by atoms with Crippen molar-refractivity contribution in [3.63, 3.8) is 0 Å². The summed E-state index contributed by atoms with van der Waals surface area (Å²) in [5.74, 6) is 2.90. The van der Waals surface area contributed by atoms with Crippen molar-refractivity contribution in [1.82, 2.24) is 0 Å². The van der Waals surface area contributed by atoms with Crippen LogP contribution in [0.3, 0.4) is 0 Å². The number of primary amides is 1. The Labute approximate surface area is 197 Å². The molecule has 1 amide bonds. The van der Waals surface area contributed by atoms with Crippen molar-refractivity contribution in [3.8, 4) is 5.75 Å². The molecule has 1 aromatic carbocycles. The number of amides is 1. The van der Waals surface area contributed by atoms with Crippen molar-refractivity contribution in [2.75, 3.05) is 20.3 Å². The number of hydrogen-bond acceptors (Lipinski definition) is 6. The SMILES string of the molecule is C=CCOC.C=CCOC(=O)C1C2CCC(C)C21.NC=O.O=COc1ccc2c(c1)CCC2. The van der Waals surface area contributed by atoms with Crippen molar-refractivity contribution in [3.05, 3.63) is 54.6 Å². The smallest absolute Gasteiger partial charge is 0.309 e. The molecule has 2 saturated carbocycles. The summed E-state index contributed by atoms with van der Waals surface area (Å²) < 4.78 is 14.4. The summed E-state index contributed by atoms with van der Waals surface area (Å²) in [6.45, 7) is 10.7. The topological polar surface area (TPSA) is 105 Å². The van der Waals surface area contributed by atoms with E-state index < -0.39 is 0 Å². The molecular formula is C26H37NO6. The van der Waals surface area contributed by atoms with Gasteiger partial charge < -0.3 is 19.9 Å². The number of rotatable bonds is 7. The molecule has 0 radical (unpaired) electrons. The standard InChI is InChI=1S/C11H16O2.C10H10O2.C4H8O.CH3NO/c1-3-6-13-11(12)10-8-5-4-7(2)9(8)10;11-7-12-10-5-4-8-2-1-3-9(8)6-10;1-3-4-5-2;2-1-3/h3,7-10H,1,4-6H2,2H3;4-7H,1-3H2;3H,1,4H2,2H3;1H,(H2,2,3). The van der Waals surface area contributed by atoms with E-state index in [0.717, 1.165) is 18.8 Å². The normalized spacial score (nSPS) is 22.7. The molecule has 4 unspecified atom stereocenters. The molecule has 1 aromatic rings. The van der Waals surface area contributed by atoms with Gasteiger partial charge in [-0.2, -0.15) is 0 Å². The van der Waals surface area contributed by atoms with E-state index in [0.29, 0.717) is 37.3 Å². The van der Waals surface area contributed by atoms with E-state index in [4.69, 9.17) is 14.3 Å². The van der Waals surface area contributed by atoms with Crippen LogP contribution in [-0.4, -0.2) is 39.2 Å². The number of carbonyl (C=O) groups is 3. The van der Waals surface area contributed by atoms with Gasteiger partial charge in [-0.25, -0.2) is 0 Å². The number of fused-ring (bicyclic) bond motifs is 2. The Bertz CT molecular complexity index is 778. The lowest BCUT2D eigenvalue weighted by Crippen LogP contribution is -2.12. The van der Waals surface area contributed by atoms with Gasteiger partial charge in [-0.15, -0.1) is 6.58 Å². The van der Waals surface area contributed by atoms with Crippen LogP contribution >= 0.6 is 0 Å². The lowest BCUT2D eigenvalue weighted by atomic mass is 10.0. The minimum atomic E-state index is 0.00134. The van der Waals surface area contributed by atoms with E-state index in [-0.39, 0.29) is 18.3 Å². The minimum Gasteiger partial charge on any atom is -0.461 e. The van der Waals surface area contributed by atoms with Crippen molar-refractivity contribution >= 4 is 18.9 Å². The number of esters is 1. The second-order valence-corrected chi connectivity index (χ2v) is 8.12. The van der Waals surface area contributed by atoms with Crippen LogP contribution in [0.15, 0.2) is 43.5 Å². The van der Waals surface area contributed by atoms with Crippen LogP contribution in [0.1, 0.15) is 37.3 Å². The lowest BCUT2D eigenvalue weighted by molar-refractivity contribution is -0.145. The maximum atomic E-state index is 11.5. The average molecular weight is 460 g/mol. The fourth-order valence-electron chi connectivity index (χ4n) is 4.56. The van der Waals surface area contributed by atoms with E-state index in [1.54, 1.807) is 19.3 Å². The Morgan fingerprint density at radius 3 is 2.30 bits per heavy atom. The van der Waals surface area contributed by atoms with Gasteiger partial charge in [0, 0.05) is 7.11 Å². The third-order valence-corrected chi connectivity index (χ3v) is 6.00. The first-order valence-electron chi connectivity index (χ1n) is 11.2. The van der Waals surface area contributed by atoms with Crippen LogP contribution in [0.25, 0.3) is 0 Å². The molecule has 0 spiro atoms.